The molecule has 0 saturated carbocycles. The second-order valence-corrected chi connectivity index (χ2v) is 8.36. The van der Waals surface area contributed by atoms with Gasteiger partial charge in [0.15, 0.2) is 11.5 Å². The number of aryl methyl sites for hydroxylation is 1. The van der Waals surface area contributed by atoms with E-state index < -0.39 is 0 Å². The number of nitriles is 1. The molecule has 0 N–H and O–H groups in total. The molecule has 31 heavy (non-hydrogen) atoms. The van der Waals surface area contributed by atoms with Gasteiger partial charge in [-0.25, -0.2) is 0 Å². The molecule has 1 saturated heterocycles. The van der Waals surface area contributed by atoms with Crippen molar-refractivity contribution in [3.63, 3.8) is 0 Å². The van der Waals surface area contributed by atoms with Crippen LogP contribution >= 0.6 is 11.8 Å². The van der Waals surface area contributed by atoms with Gasteiger partial charge < -0.3 is 14.4 Å². The van der Waals surface area contributed by atoms with Crippen LogP contribution in [0.1, 0.15) is 30.4 Å². The van der Waals surface area contributed by atoms with Gasteiger partial charge in [0.25, 0.3) is 0 Å². The maximum Gasteiger partial charge on any atom is 0.229 e. The number of benzene rings is 2. The maximum absolute atomic E-state index is 13.2. The lowest BCUT2D eigenvalue weighted by molar-refractivity contribution is -0.129. The Labute approximate surface area is 187 Å². The van der Waals surface area contributed by atoms with Crippen LogP contribution < -0.4 is 14.4 Å². The molecule has 2 aromatic rings. The van der Waals surface area contributed by atoms with Crippen molar-refractivity contribution in [1.29, 1.82) is 5.26 Å². The predicted molar refractivity (Wildman–Crippen MR) is 122 cm³/mol. The number of fused-ring (bicyclic) bond motifs is 1. The predicted octanol–water partition coefficient (Wildman–Crippen LogP) is 4.49. The van der Waals surface area contributed by atoms with Gasteiger partial charge in [0, 0.05) is 23.6 Å². The molecule has 0 aromatic heterocycles. The largest absolute Gasteiger partial charge is 0.493 e. The third kappa shape index (κ3) is 3.72. The Morgan fingerprint density at radius 1 is 1.16 bits per heavy atom. The van der Waals surface area contributed by atoms with Crippen LogP contribution in [0.25, 0.3) is 0 Å². The summed E-state index contributed by atoms with van der Waals surface area (Å²) < 4.78 is 11.0. The van der Waals surface area contributed by atoms with Crippen molar-refractivity contribution in [3.8, 4) is 17.6 Å². The number of carbonyl (C=O) groups is 1. The quantitative estimate of drug-likeness (QED) is 0.690. The van der Waals surface area contributed by atoms with Crippen molar-refractivity contribution in [2.45, 2.75) is 25.7 Å². The zero-order chi connectivity index (χ0) is 22.0. The number of methoxy groups -OCH3 is 2. The highest BCUT2D eigenvalue weighted by Crippen LogP contribution is 2.47. The molecule has 2 heterocycles. The average molecular weight is 436 g/mol. The fraction of sp³-hybridized carbons (Fsp3) is 0.333. The van der Waals surface area contributed by atoms with Crippen LogP contribution in [0.15, 0.2) is 53.1 Å². The zero-order valence-electron chi connectivity index (χ0n) is 17.9. The van der Waals surface area contributed by atoms with Gasteiger partial charge in [-0.1, -0.05) is 49.0 Å². The van der Waals surface area contributed by atoms with Crippen molar-refractivity contribution >= 4 is 23.4 Å². The van der Waals surface area contributed by atoms with E-state index in [1.54, 1.807) is 30.9 Å². The van der Waals surface area contributed by atoms with Gasteiger partial charge in [0.05, 0.1) is 43.4 Å². The van der Waals surface area contributed by atoms with Crippen molar-refractivity contribution in [2.75, 3.05) is 31.7 Å². The van der Waals surface area contributed by atoms with Crippen LogP contribution in [0.5, 0.6) is 11.5 Å². The molecule has 1 fully saturated rings. The molecule has 1 atom stereocenters. The summed E-state index contributed by atoms with van der Waals surface area (Å²) in [7, 11) is 3.16. The number of nitrogens with zero attached hydrogens (tertiary/aromatic N) is 3. The van der Waals surface area contributed by atoms with Gasteiger partial charge in [-0.2, -0.15) is 5.26 Å². The lowest BCUT2D eigenvalue weighted by Crippen LogP contribution is -2.47. The maximum atomic E-state index is 13.2. The standard InChI is InChI=1S/C24H25N3O3S/c1-4-16-8-5-6-10-20(16)26-14-27-22(28)12-18(19(13-25)24(27)31-15-26)17-9-7-11-21(29-2)23(17)30-3/h5-11,18H,4,12,14-15H2,1-3H3/t18-/m0/s1. The van der Waals surface area contributed by atoms with Gasteiger partial charge in [-0.15, -0.1) is 0 Å². The van der Waals surface area contributed by atoms with Crippen LogP contribution in [-0.2, 0) is 11.2 Å². The minimum absolute atomic E-state index is 0.00931. The van der Waals surface area contributed by atoms with E-state index in [0.29, 0.717) is 29.6 Å². The molecule has 0 spiro atoms. The Morgan fingerprint density at radius 2 is 1.97 bits per heavy atom. The van der Waals surface area contributed by atoms with Crippen molar-refractivity contribution in [3.05, 3.63) is 64.2 Å². The summed E-state index contributed by atoms with van der Waals surface area (Å²) in [5.74, 6) is 1.51. The molecule has 7 heteroatoms. The van der Waals surface area contributed by atoms with Gasteiger partial charge >= 0.3 is 0 Å². The van der Waals surface area contributed by atoms with E-state index in [1.165, 1.54) is 5.56 Å². The van der Waals surface area contributed by atoms with E-state index in [0.717, 1.165) is 22.7 Å². The zero-order valence-corrected chi connectivity index (χ0v) is 18.7. The number of thioether (sulfide) groups is 1. The highest BCUT2D eigenvalue weighted by atomic mass is 32.2. The summed E-state index contributed by atoms with van der Waals surface area (Å²) in [5.41, 5.74) is 3.80. The number of anilines is 1. The van der Waals surface area contributed by atoms with Crippen LogP contribution in [-0.4, -0.2) is 37.6 Å². The first kappa shape index (κ1) is 21.1. The minimum Gasteiger partial charge on any atom is -0.493 e. The van der Waals surface area contributed by atoms with E-state index in [4.69, 9.17) is 9.47 Å². The highest BCUT2D eigenvalue weighted by molar-refractivity contribution is 8.03. The van der Waals surface area contributed by atoms with Gasteiger partial charge in [0.2, 0.25) is 5.91 Å². The summed E-state index contributed by atoms with van der Waals surface area (Å²) in [6, 6.07) is 16.3. The van der Waals surface area contributed by atoms with Gasteiger partial charge in [0.1, 0.15) is 0 Å². The molecular formula is C24H25N3O3S. The topological polar surface area (TPSA) is 65.8 Å². The van der Waals surface area contributed by atoms with Gasteiger partial charge in [-0.3, -0.25) is 9.69 Å². The molecule has 0 aliphatic carbocycles. The molecular weight excluding hydrogens is 410 g/mol. The van der Waals surface area contributed by atoms with Crippen molar-refractivity contribution in [2.24, 2.45) is 0 Å². The van der Waals surface area contributed by atoms with Crippen LogP contribution in [0.4, 0.5) is 5.69 Å². The number of para-hydroxylation sites is 2. The summed E-state index contributed by atoms with van der Waals surface area (Å²) >= 11 is 1.54. The van der Waals surface area contributed by atoms with Crippen molar-refractivity contribution < 1.29 is 14.3 Å². The van der Waals surface area contributed by atoms with E-state index in [1.807, 2.05) is 30.3 Å². The Hall–Kier alpha value is -3.11. The number of allylic oxidation sites excluding steroid dienone is 1. The summed E-state index contributed by atoms with van der Waals surface area (Å²) in [4.78, 5) is 17.2. The smallest absolute Gasteiger partial charge is 0.229 e. The Bertz CT molecular complexity index is 1080. The monoisotopic (exact) mass is 435 g/mol. The number of hydrogen-bond acceptors (Lipinski definition) is 6. The van der Waals surface area contributed by atoms with E-state index in [2.05, 4.69) is 30.0 Å². The molecule has 0 radical (unpaired) electrons. The number of hydrogen-bond donors (Lipinski definition) is 0. The number of rotatable bonds is 5. The highest BCUT2D eigenvalue weighted by Gasteiger charge is 2.39. The number of carbonyl (C=O) groups excluding carboxylic acids is 1. The Kier molecular flexibility index (Phi) is 6.10. The van der Waals surface area contributed by atoms with Crippen LogP contribution in [0.3, 0.4) is 0 Å². The molecule has 0 unspecified atom stereocenters. The molecule has 2 aliphatic rings. The molecule has 160 valence electrons. The van der Waals surface area contributed by atoms with Gasteiger partial charge in [-0.05, 0) is 24.1 Å². The molecule has 1 amide bonds. The lowest BCUT2D eigenvalue weighted by atomic mass is 9.85. The minimum atomic E-state index is -0.351. The summed E-state index contributed by atoms with van der Waals surface area (Å²) in [6.45, 7) is 2.58. The molecule has 6 nitrogen and oxygen atoms in total. The van der Waals surface area contributed by atoms with E-state index >= 15 is 0 Å². The third-order valence-electron chi connectivity index (χ3n) is 5.82. The van der Waals surface area contributed by atoms with E-state index in [9.17, 15) is 10.1 Å². The molecule has 0 bridgehead atoms. The molecule has 2 aliphatic heterocycles. The van der Waals surface area contributed by atoms with Crippen LogP contribution in [0.2, 0.25) is 0 Å². The second-order valence-electron chi connectivity index (χ2n) is 7.43. The first-order valence-electron chi connectivity index (χ1n) is 10.2. The normalized spacial score (nSPS) is 18.5. The first-order valence-corrected chi connectivity index (χ1v) is 11.2. The van der Waals surface area contributed by atoms with Crippen LogP contribution in [0, 0.1) is 11.3 Å². The summed E-state index contributed by atoms with van der Waals surface area (Å²) in [6.07, 6.45) is 1.15. The molecule has 2 aromatic carbocycles. The fourth-order valence-electron chi connectivity index (χ4n) is 4.29. The average Bonchev–Trinajstić information content (AvgIpc) is 2.83. The molecule has 4 rings (SSSR count). The third-order valence-corrected chi connectivity index (χ3v) is 6.97. The SMILES string of the molecule is CCc1ccccc1N1CSC2=C(C#N)[C@H](c3cccc(OC)c3OC)CC(=O)N2C1. The first-order chi connectivity index (χ1) is 15.1. The van der Waals surface area contributed by atoms with E-state index in [-0.39, 0.29) is 18.2 Å². The Balaban J connectivity index is 1.72. The number of amides is 1. The Morgan fingerprint density at radius 3 is 2.68 bits per heavy atom. The fourth-order valence-corrected chi connectivity index (χ4v) is 5.44. The second kappa shape index (κ2) is 8.94. The lowest BCUT2D eigenvalue weighted by Gasteiger charge is -2.42. The number of ether oxygens (including phenoxy) is 2. The van der Waals surface area contributed by atoms with Crippen molar-refractivity contribution in [1.82, 2.24) is 4.90 Å². The summed E-state index contributed by atoms with van der Waals surface area (Å²) in [5, 5.41) is 10.8.